The summed E-state index contributed by atoms with van der Waals surface area (Å²) in [7, 11) is 0. The summed E-state index contributed by atoms with van der Waals surface area (Å²) < 4.78 is 5.34. The van der Waals surface area contributed by atoms with Crippen molar-refractivity contribution in [2.24, 2.45) is 0 Å². The molecule has 0 unspecified atom stereocenters. The van der Waals surface area contributed by atoms with Crippen LogP contribution in [0, 0.1) is 0 Å². The van der Waals surface area contributed by atoms with E-state index in [1.54, 1.807) is 25.2 Å². The number of furan rings is 1. The van der Waals surface area contributed by atoms with E-state index in [9.17, 15) is 14.4 Å². The quantitative estimate of drug-likeness (QED) is 0.361. The smallest absolute Gasteiger partial charge is 0.240 e. The molecular weight excluding hydrogens is 336 g/mol. The summed E-state index contributed by atoms with van der Waals surface area (Å²) in [6, 6.07) is 0. The minimum Gasteiger partial charge on any atom is -0.463 e. The third-order valence-corrected chi connectivity index (χ3v) is 3.55. The fraction of sp³-hybridized carbons (Fsp3) is 0.0625. The number of allylic oxidation sites excluding steroid dienone is 6. The van der Waals surface area contributed by atoms with Gasteiger partial charge in [-0.2, -0.15) is 0 Å². The van der Waals surface area contributed by atoms with Gasteiger partial charge in [0.05, 0.1) is 15.6 Å². The second kappa shape index (κ2) is 6.01. The Bertz CT molecular complexity index is 744. The first-order valence-corrected chi connectivity index (χ1v) is 6.88. The first-order valence-electron chi connectivity index (χ1n) is 6.09. The molecule has 1 aromatic heterocycles. The second-order valence-electron chi connectivity index (χ2n) is 4.21. The number of hydrogen-bond acceptors (Lipinski definition) is 4. The van der Waals surface area contributed by atoms with Crippen LogP contribution in [0.25, 0.3) is 6.08 Å². The highest BCUT2D eigenvalue weighted by atomic mass is 79.9. The average Bonchev–Trinajstić information content (AvgIpc) is 2.89. The Morgan fingerprint density at radius 1 is 1.33 bits per heavy atom. The molecule has 0 bridgehead atoms. The predicted octanol–water partition coefficient (Wildman–Crippen LogP) is 3.65. The van der Waals surface area contributed by atoms with Gasteiger partial charge in [-0.3, -0.25) is 14.4 Å². The molecule has 1 aliphatic rings. The van der Waals surface area contributed by atoms with Crippen LogP contribution in [0.3, 0.4) is 0 Å². The van der Waals surface area contributed by atoms with Crippen molar-refractivity contribution >= 4 is 39.4 Å². The van der Waals surface area contributed by atoms with Crippen molar-refractivity contribution in [2.75, 3.05) is 0 Å². The summed E-state index contributed by atoms with van der Waals surface area (Å²) in [6.07, 6.45) is 8.94. The van der Waals surface area contributed by atoms with E-state index >= 15 is 0 Å². The van der Waals surface area contributed by atoms with Crippen molar-refractivity contribution in [1.82, 2.24) is 0 Å². The van der Waals surface area contributed by atoms with E-state index in [1.807, 2.05) is 0 Å². The van der Waals surface area contributed by atoms with E-state index in [1.165, 1.54) is 18.4 Å². The maximum atomic E-state index is 12.4. The Hall–Kier alpha value is -2.27. The van der Waals surface area contributed by atoms with Crippen molar-refractivity contribution in [3.8, 4) is 0 Å². The highest BCUT2D eigenvalue weighted by molar-refractivity contribution is 9.12. The third kappa shape index (κ3) is 2.64. The molecule has 0 aliphatic heterocycles. The minimum absolute atomic E-state index is 0.0135. The first kappa shape index (κ1) is 15.1. The van der Waals surface area contributed by atoms with Crippen LogP contribution in [0.4, 0.5) is 0 Å². The SMILES string of the molecule is C=C/C=C\C(=C/C)C(=O)c1coc2c1C(=O)C(=O)C(Br)=C2. The van der Waals surface area contributed by atoms with Crippen molar-refractivity contribution in [1.29, 1.82) is 0 Å². The van der Waals surface area contributed by atoms with Gasteiger partial charge in [0.15, 0.2) is 5.78 Å². The molecule has 0 radical (unpaired) electrons. The van der Waals surface area contributed by atoms with Gasteiger partial charge in [-0.05, 0) is 28.9 Å². The van der Waals surface area contributed by atoms with E-state index < -0.39 is 11.6 Å². The van der Waals surface area contributed by atoms with Crippen molar-refractivity contribution in [3.05, 3.63) is 64.1 Å². The molecule has 106 valence electrons. The molecule has 21 heavy (non-hydrogen) atoms. The molecule has 1 aliphatic carbocycles. The number of hydrogen-bond donors (Lipinski definition) is 0. The summed E-state index contributed by atoms with van der Waals surface area (Å²) in [5.41, 5.74) is 0.480. The lowest BCUT2D eigenvalue weighted by atomic mass is 9.93. The largest absolute Gasteiger partial charge is 0.463 e. The average molecular weight is 347 g/mol. The normalized spacial score (nSPS) is 15.1. The molecular formula is C16H11BrO4. The van der Waals surface area contributed by atoms with E-state index in [0.717, 1.165) is 0 Å². The summed E-state index contributed by atoms with van der Waals surface area (Å²) in [6.45, 7) is 5.24. The molecule has 0 atom stereocenters. The molecule has 1 aromatic rings. The van der Waals surface area contributed by atoms with Gasteiger partial charge in [-0.1, -0.05) is 30.9 Å². The van der Waals surface area contributed by atoms with E-state index in [2.05, 4.69) is 22.5 Å². The van der Waals surface area contributed by atoms with Crippen molar-refractivity contribution in [3.63, 3.8) is 0 Å². The Morgan fingerprint density at radius 3 is 2.67 bits per heavy atom. The first-order chi connectivity index (χ1) is 10.0. The van der Waals surface area contributed by atoms with E-state index in [-0.39, 0.29) is 27.2 Å². The van der Waals surface area contributed by atoms with Crippen LogP contribution in [0.5, 0.6) is 0 Å². The lowest BCUT2D eigenvalue weighted by Gasteiger charge is -2.07. The Balaban J connectivity index is 2.52. The maximum Gasteiger partial charge on any atom is 0.240 e. The Kier molecular flexibility index (Phi) is 4.33. The van der Waals surface area contributed by atoms with Gasteiger partial charge in [0, 0.05) is 5.57 Å². The van der Waals surface area contributed by atoms with Crippen molar-refractivity contribution < 1.29 is 18.8 Å². The van der Waals surface area contributed by atoms with Crippen LogP contribution >= 0.6 is 15.9 Å². The van der Waals surface area contributed by atoms with Crippen LogP contribution in [-0.4, -0.2) is 17.3 Å². The standard InChI is InChI=1S/C16H11BrO4/c1-3-5-6-9(4-2)14(18)10-8-21-12-7-11(17)15(19)16(20)13(10)12/h3-8H,1H2,2H3/b6-5-,9-4+. The number of rotatable bonds is 4. The molecule has 0 saturated heterocycles. The number of fused-ring (bicyclic) bond motifs is 1. The number of carbonyl (C=O) groups excluding carboxylic acids is 3. The number of halogens is 1. The van der Waals surface area contributed by atoms with Crippen LogP contribution < -0.4 is 0 Å². The van der Waals surface area contributed by atoms with E-state index in [4.69, 9.17) is 4.42 Å². The highest BCUT2D eigenvalue weighted by Crippen LogP contribution is 2.30. The molecule has 0 fully saturated rings. The van der Waals surface area contributed by atoms with Crippen molar-refractivity contribution in [2.45, 2.75) is 6.92 Å². The maximum absolute atomic E-state index is 12.4. The number of carbonyl (C=O) groups is 3. The highest BCUT2D eigenvalue weighted by Gasteiger charge is 2.33. The fourth-order valence-corrected chi connectivity index (χ4v) is 2.30. The zero-order valence-electron chi connectivity index (χ0n) is 11.2. The molecule has 4 nitrogen and oxygen atoms in total. The number of ketones is 3. The van der Waals surface area contributed by atoms with Gasteiger partial charge in [0.2, 0.25) is 11.6 Å². The van der Waals surface area contributed by atoms with Gasteiger partial charge in [-0.15, -0.1) is 0 Å². The summed E-state index contributed by atoms with van der Waals surface area (Å²) in [5.74, 6) is -1.62. The second-order valence-corrected chi connectivity index (χ2v) is 5.06. The van der Waals surface area contributed by atoms with Crippen LogP contribution in [0.15, 0.2) is 51.6 Å². The lowest BCUT2D eigenvalue weighted by molar-refractivity contribution is -0.111. The molecule has 5 heteroatoms. The third-order valence-electron chi connectivity index (χ3n) is 2.96. The summed E-state index contributed by atoms with van der Waals surface area (Å²) in [5, 5.41) is 0. The Morgan fingerprint density at radius 2 is 2.05 bits per heavy atom. The molecule has 0 aromatic carbocycles. The zero-order chi connectivity index (χ0) is 15.6. The number of Topliss-reactive ketones (excluding diaryl/α,β-unsaturated/α-hetero) is 3. The molecule has 0 N–H and O–H groups in total. The molecule has 1 heterocycles. The molecule has 0 amide bonds. The Labute approximate surface area is 129 Å². The van der Waals surface area contributed by atoms with Crippen LogP contribution in [-0.2, 0) is 4.79 Å². The summed E-state index contributed by atoms with van der Waals surface area (Å²) >= 11 is 3.00. The van der Waals surface area contributed by atoms with Gasteiger partial charge in [0.1, 0.15) is 12.0 Å². The monoisotopic (exact) mass is 346 g/mol. The van der Waals surface area contributed by atoms with Crippen LogP contribution in [0.1, 0.15) is 33.4 Å². The summed E-state index contributed by atoms with van der Waals surface area (Å²) in [4.78, 5) is 36.2. The topological polar surface area (TPSA) is 64.3 Å². The molecule has 0 saturated carbocycles. The van der Waals surface area contributed by atoms with E-state index in [0.29, 0.717) is 5.57 Å². The van der Waals surface area contributed by atoms with Gasteiger partial charge in [0.25, 0.3) is 0 Å². The zero-order valence-corrected chi connectivity index (χ0v) is 12.8. The lowest BCUT2D eigenvalue weighted by Crippen LogP contribution is -2.20. The molecule has 2 rings (SSSR count). The molecule has 0 spiro atoms. The van der Waals surface area contributed by atoms with Gasteiger partial charge >= 0.3 is 0 Å². The fourth-order valence-electron chi connectivity index (χ4n) is 1.91. The van der Waals surface area contributed by atoms with Gasteiger partial charge < -0.3 is 4.42 Å². The van der Waals surface area contributed by atoms with Crippen LogP contribution in [0.2, 0.25) is 0 Å². The minimum atomic E-state index is -0.750. The van der Waals surface area contributed by atoms with Gasteiger partial charge in [-0.25, -0.2) is 0 Å². The predicted molar refractivity (Wildman–Crippen MR) is 82.4 cm³/mol.